The predicted octanol–water partition coefficient (Wildman–Crippen LogP) is 1.47. The van der Waals surface area contributed by atoms with E-state index in [9.17, 15) is 18.0 Å². The number of aliphatic imine (C=N–C) groups is 1. The van der Waals surface area contributed by atoms with Crippen LogP contribution in [-0.2, 0) is 14.8 Å². The topological polar surface area (TPSA) is 120 Å². The van der Waals surface area contributed by atoms with Crippen molar-refractivity contribution in [3.63, 3.8) is 0 Å². The maximum atomic E-state index is 13.2. The number of benzene rings is 1. The minimum atomic E-state index is -3.80. The first-order chi connectivity index (χ1) is 14.6. The molecule has 166 valence electrons. The molecule has 0 aromatic heterocycles. The van der Waals surface area contributed by atoms with Gasteiger partial charge in [0.1, 0.15) is 0 Å². The number of guanidine groups is 1. The zero-order valence-electron chi connectivity index (χ0n) is 17.7. The fraction of sp³-hybridized carbons (Fsp3) is 0.450. The number of carbonyl (C=O) groups is 2. The van der Waals surface area contributed by atoms with Crippen LogP contribution in [0.2, 0.25) is 0 Å². The van der Waals surface area contributed by atoms with E-state index in [1.54, 1.807) is 24.1 Å². The summed E-state index contributed by atoms with van der Waals surface area (Å²) >= 11 is 0. The second kappa shape index (κ2) is 7.65. The number of nitrogens with two attached hydrogens (primary N) is 1. The Hall–Kier alpha value is -2.92. The average molecular weight is 447 g/mol. The van der Waals surface area contributed by atoms with Crippen molar-refractivity contribution in [3.8, 4) is 0 Å². The molecule has 4 rings (SSSR count). The second-order valence-corrected chi connectivity index (χ2v) is 9.49. The van der Waals surface area contributed by atoms with Crippen LogP contribution in [0.5, 0.6) is 0 Å². The first-order valence-electron chi connectivity index (χ1n) is 10.2. The van der Waals surface area contributed by atoms with E-state index < -0.39 is 22.2 Å². The number of imide groups is 1. The number of unbranched alkanes of at least 4 members (excludes halogenated alkanes) is 2. The number of hydrogen-bond acceptors (Lipinski definition) is 7. The summed E-state index contributed by atoms with van der Waals surface area (Å²) in [4.78, 5) is 37.2. The van der Waals surface area contributed by atoms with Crippen molar-refractivity contribution in [2.24, 2.45) is 10.1 Å². The van der Waals surface area contributed by atoms with Gasteiger partial charge < -0.3 is 9.80 Å². The summed E-state index contributed by atoms with van der Waals surface area (Å²) in [6, 6.07) is 5.18. The van der Waals surface area contributed by atoms with Gasteiger partial charge in [0.15, 0.2) is 12.2 Å². The van der Waals surface area contributed by atoms with E-state index in [2.05, 4.69) is 6.92 Å². The van der Waals surface area contributed by atoms with E-state index in [-0.39, 0.29) is 16.8 Å². The van der Waals surface area contributed by atoms with Gasteiger partial charge in [0.25, 0.3) is 5.91 Å². The van der Waals surface area contributed by atoms with Crippen LogP contribution in [0.15, 0.2) is 46.1 Å². The fourth-order valence-corrected chi connectivity index (χ4v) is 4.70. The molecule has 0 radical (unpaired) electrons. The minimum Gasteiger partial charge on any atom is -0.302 e. The summed E-state index contributed by atoms with van der Waals surface area (Å²) in [7, 11) is -2.14. The van der Waals surface area contributed by atoms with E-state index in [0.717, 1.165) is 25.0 Å². The fourth-order valence-electron chi connectivity index (χ4n) is 4.18. The highest BCUT2D eigenvalue weighted by Crippen LogP contribution is 2.36. The Labute approximate surface area is 181 Å². The zero-order chi connectivity index (χ0) is 22.5. The van der Waals surface area contributed by atoms with Gasteiger partial charge in [-0.1, -0.05) is 19.8 Å². The van der Waals surface area contributed by atoms with E-state index in [0.29, 0.717) is 18.2 Å². The van der Waals surface area contributed by atoms with Gasteiger partial charge in [0.2, 0.25) is 16.0 Å². The predicted molar refractivity (Wildman–Crippen MR) is 115 cm³/mol. The Kier molecular flexibility index (Phi) is 5.26. The molecule has 0 saturated carbocycles. The number of likely N-dealkylation sites (N-methyl/N-ethyl adjacent to an activating group) is 1. The molecule has 1 saturated heterocycles. The molecular formula is C20H26N6O4S. The van der Waals surface area contributed by atoms with Gasteiger partial charge >= 0.3 is 6.03 Å². The molecule has 0 bridgehead atoms. The Balaban J connectivity index is 1.64. The van der Waals surface area contributed by atoms with Crippen LogP contribution >= 0.6 is 0 Å². The number of allylic oxidation sites excluding steroid dienone is 1. The Morgan fingerprint density at radius 3 is 2.42 bits per heavy atom. The Bertz CT molecular complexity index is 1080. The second-order valence-electron chi connectivity index (χ2n) is 7.93. The van der Waals surface area contributed by atoms with Crippen molar-refractivity contribution < 1.29 is 18.0 Å². The molecule has 3 amide bonds. The van der Waals surface area contributed by atoms with Gasteiger partial charge in [-0.3, -0.25) is 14.6 Å². The van der Waals surface area contributed by atoms with Crippen molar-refractivity contribution in [2.45, 2.75) is 50.2 Å². The van der Waals surface area contributed by atoms with Crippen LogP contribution in [-0.4, -0.2) is 66.8 Å². The number of sulfonamides is 1. The van der Waals surface area contributed by atoms with E-state index in [1.807, 2.05) is 18.0 Å². The smallest absolute Gasteiger partial charge is 0.302 e. The monoisotopic (exact) mass is 446 g/mol. The first-order valence-corrected chi connectivity index (χ1v) is 11.8. The highest BCUT2D eigenvalue weighted by Gasteiger charge is 2.54. The maximum absolute atomic E-state index is 13.2. The molecule has 1 aromatic carbocycles. The molecule has 0 spiro atoms. The molecule has 3 heterocycles. The minimum absolute atomic E-state index is 0.0131. The number of carbonyl (C=O) groups excluding carboxylic acids is 2. The molecular weight excluding hydrogens is 420 g/mol. The zero-order valence-corrected chi connectivity index (χ0v) is 18.5. The van der Waals surface area contributed by atoms with Crippen molar-refractivity contribution in [2.75, 3.05) is 18.5 Å². The summed E-state index contributed by atoms with van der Waals surface area (Å²) in [6.07, 6.45) is 3.93. The number of primary sulfonamides is 1. The summed E-state index contributed by atoms with van der Waals surface area (Å²) in [5, 5.41) is 5.19. The number of amides is 3. The normalized spacial score (nSPS) is 23.2. The Morgan fingerprint density at radius 2 is 1.81 bits per heavy atom. The van der Waals surface area contributed by atoms with Crippen molar-refractivity contribution in [1.29, 1.82) is 0 Å². The largest absolute Gasteiger partial charge is 0.328 e. The van der Waals surface area contributed by atoms with E-state index in [4.69, 9.17) is 10.1 Å². The molecule has 1 fully saturated rings. The molecule has 11 heteroatoms. The van der Waals surface area contributed by atoms with E-state index >= 15 is 0 Å². The van der Waals surface area contributed by atoms with Gasteiger partial charge in [-0.2, -0.15) is 0 Å². The number of urea groups is 1. The van der Waals surface area contributed by atoms with Gasteiger partial charge in [-0.15, -0.1) is 0 Å². The van der Waals surface area contributed by atoms with Crippen molar-refractivity contribution in [1.82, 2.24) is 14.7 Å². The summed E-state index contributed by atoms with van der Waals surface area (Å²) in [5.41, 5.74) is 1.51. The summed E-state index contributed by atoms with van der Waals surface area (Å²) in [5.74, 6) is 0.276. The lowest BCUT2D eigenvalue weighted by Gasteiger charge is -2.40. The third kappa shape index (κ3) is 3.47. The van der Waals surface area contributed by atoms with Crippen LogP contribution in [0.1, 0.15) is 33.1 Å². The molecule has 2 N–H and O–H groups in total. The van der Waals surface area contributed by atoms with Crippen molar-refractivity contribution >= 4 is 33.6 Å². The van der Waals surface area contributed by atoms with Gasteiger partial charge in [0, 0.05) is 31.2 Å². The van der Waals surface area contributed by atoms with E-state index in [1.165, 1.54) is 21.9 Å². The highest BCUT2D eigenvalue weighted by molar-refractivity contribution is 7.89. The van der Waals surface area contributed by atoms with Crippen LogP contribution in [0, 0.1) is 0 Å². The van der Waals surface area contributed by atoms with Crippen LogP contribution in [0.25, 0.3) is 0 Å². The molecule has 10 nitrogen and oxygen atoms in total. The SMILES string of the molecule is CCCCCN1C(=O)C2C(N=C3N(c4ccc(S(N)(=O)=O)cc4)C(C)=CN32)N(C)C1=O. The first kappa shape index (κ1) is 21.3. The maximum Gasteiger partial charge on any atom is 0.328 e. The average Bonchev–Trinajstić information content (AvgIpc) is 3.23. The molecule has 3 aliphatic heterocycles. The summed E-state index contributed by atoms with van der Waals surface area (Å²) < 4.78 is 23.1. The van der Waals surface area contributed by atoms with Crippen LogP contribution < -0.4 is 10.0 Å². The van der Waals surface area contributed by atoms with Gasteiger partial charge in [-0.25, -0.2) is 23.3 Å². The van der Waals surface area contributed by atoms with Gasteiger partial charge in [-0.05, 0) is 37.6 Å². The lowest BCUT2D eigenvalue weighted by atomic mass is 10.1. The Morgan fingerprint density at radius 1 is 1.13 bits per heavy atom. The molecule has 0 aliphatic carbocycles. The third-order valence-corrected chi connectivity index (χ3v) is 6.73. The molecule has 2 atom stereocenters. The number of anilines is 1. The number of hydrogen-bond donors (Lipinski definition) is 1. The lowest BCUT2D eigenvalue weighted by Crippen LogP contribution is -2.64. The number of fused-ring (bicyclic) bond motifs is 3. The highest BCUT2D eigenvalue weighted by atomic mass is 32.2. The summed E-state index contributed by atoms with van der Waals surface area (Å²) in [6.45, 7) is 4.34. The molecule has 1 aromatic rings. The lowest BCUT2D eigenvalue weighted by molar-refractivity contribution is -0.136. The molecule has 31 heavy (non-hydrogen) atoms. The molecule has 2 unspecified atom stereocenters. The van der Waals surface area contributed by atoms with Crippen molar-refractivity contribution in [3.05, 3.63) is 36.2 Å². The van der Waals surface area contributed by atoms with Crippen LogP contribution in [0.4, 0.5) is 10.5 Å². The van der Waals surface area contributed by atoms with Gasteiger partial charge in [0.05, 0.1) is 4.90 Å². The number of nitrogens with zero attached hydrogens (tertiary/aromatic N) is 5. The number of rotatable bonds is 6. The molecule has 3 aliphatic rings. The quantitative estimate of drug-likeness (QED) is 0.661. The third-order valence-electron chi connectivity index (χ3n) is 5.80. The van der Waals surface area contributed by atoms with Crippen LogP contribution in [0.3, 0.4) is 0 Å². The standard InChI is InChI=1S/C20H26N6O4S/c1-4-5-6-11-24-18(27)16-17(23(3)20(24)28)22-19-25(16)12-13(2)26(19)14-7-9-15(10-8-14)31(21,29)30/h7-10,12,16-17H,4-6,11H2,1-3H3,(H2,21,29,30).